The summed E-state index contributed by atoms with van der Waals surface area (Å²) in [5.41, 5.74) is 0. The fraction of sp³-hybridized carbons (Fsp3) is 0.667. The van der Waals surface area contributed by atoms with E-state index in [1.807, 2.05) is 19.9 Å². The van der Waals surface area contributed by atoms with Gasteiger partial charge in [0.2, 0.25) is 0 Å². The zero-order valence-corrected chi connectivity index (χ0v) is 10.2. The van der Waals surface area contributed by atoms with Crippen molar-refractivity contribution in [2.75, 3.05) is 13.4 Å². The fourth-order valence-electron chi connectivity index (χ4n) is 0.267. The zero-order valence-electron chi connectivity index (χ0n) is 6.47. The van der Waals surface area contributed by atoms with E-state index < -0.39 is 0 Å². The van der Waals surface area contributed by atoms with Gasteiger partial charge in [-0.2, -0.15) is 0 Å². The molecule has 58 valence electrons. The van der Waals surface area contributed by atoms with Gasteiger partial charge in [0, 0.05) is 26.1 Å². The van der Waals surface area contributed by atoms with Gasteiger partial charge in [-0.1, -0.05) is 6.08 Å². The van der Waals surface area contributed by atoms with Crippen molar-refractivity contribution < 1.29 is 41.4 Å². The molecule has 0 aromatic heterocycles. The topological polar surface area (TPSA) is 18.5 Å². The Morgan fingerprint density at radius 2 is 2.00 bits per heavy atom. The molecule has 0 atom stereocenters. The van der Waals surface area contributed by atoms with Gasteiger partial charge < -0.3 is 21.9 Å². The van der Waals surface area contributed by atoms with Crippen LogP contribution in [-0.2, 0) is 29.0 Å². The van der Waals surface area contributed by atoms with E-state index in [4.69, 9.17) is 9.47 Å². The maximum absolute atomic E-state index is 4.86. The number of allylic oxidation sites excluding steroid dienone is 1. The second-order valence-electron chi connectivity index (χ2n) is 1.25. The molecule has 0 saturated heterocycles. The summed E-state index contributed by atoms with van der Waals surface area (Å²) in [4.78, 5) is 0. The SMILES string of the molecule is C/C=C/OCOCC.[Cl-].[Zn]. The first-order valence-electron chi connectivity index (χ1n) is 2.72. The van der Waals surface area contributed by atoms with E-state index >= 15 is 0 Å². The van der Waals surface area contributed by atoms with Crippen LogP contribution in [-0.4, -0.2) is 13.4 Å². The fourth-order valence-corrected chi connectivity index (χ4v) is 0.267. The summed E-state index contributed by atoms with van der Waals surface area (Å²) in [6, 6.07) is 0. The quantitative estimate of drug-likeness (QED) is 0.248. The molecule has 0 heterocycles. The zero-order chi connectivity index (χ0) is 6.24. The van der Waals surface area contributed by atoms with Crippen LogP contribution in [0, 0.1) is 0 Å². The van der Waals surface area contributed by atoms with E-state index in [2.05, 4.69) is 0 Å². The van der Waals surface area contributed by atoms with Crippen LogP contribution in [0.3, 0.4) is 0 Å². The molecule has 0 N–H and O–H groups in total. The van der Waals surface area contributed by atoms with Crippen molar-refractivity contribution in [3.05, 3.63) is 12.3 Å². The molecule has 0 aromatic rings. The van der Waals surface area contributed by atoms with E-state index in [1.54, 1.807) is 6.26 Å². The van der Waals surface area contributed by atoms with E-state index in [0.717, 1.165) is 0 Å². The van der Waals surface area contributed by atoms with E-state index in [0.29, 0.717) is 13.4 Å². The standard InChI is InChI=1S/C6H12O2.ClH.Zn/c1-3-5-8-6-7-4-2;;/h3,5H,4,6H2,1-2H3;1H;/p-1/b5-3+;;. The molecule has 0 spiro atoms. The number of hydrogen-bond donors (Lipinski definition) is 0. The third-order valence-electron chi connectivity index (χ3n) is 0.588. The van der Waals surface area contributed by atoms with Gasteiger partial charge in [-0.05, 0) is 13.8 Å². The number of hydrogen-bond acceptors (Lipinski definition) is 2. The average Bonchev–Trinajstić information content (AvgIpc) is 1.81. The minimum atomic E-state index is 0. The molecular formula is C6H12ClO2Zn-. The molecule has 0 aliphatic heterocycles. The Balaban J connectivity index is -0.000000245. The maximum Gasteiger partial charge on any atom is 0.188 e. The first-order valence-corrected chi connectivity index (χ1v) is 2.72. The molecule has 0 aromatic carbocycles. The van der Waals surface area contributed by atoms with Crippen molar-refractivity contribution in [2.45, 2.75) is 13.8 Å². The van der Waals surface area contributed by atoms with Crippen LogP contribution in [0.15, 0.2) is 12.3 Å². The third kappa shape index (κ3) is 15.8. The summed E-state index contributed by atoms with van der Waals surface area (Å²) >= 11 is 0. The van der Waals surface area contributed by atoms with Crippen LogP contribution in [0.2, 0.25) is 0 Å². The van der Waals surface area contributed by atoms with Gasteiger partial charge >= 0.3 is 0 Å². The molecule has 0 aliphatic carbocycles. The van der Waals surface area contributed by atoms with Crippen molar-refractivity contribution >= 4 is 0 Å². The Labute approximate surface area is 81.1 Å². The monoisotopic (exact) mass is 215 g/mol. The summed E-state index contributed by atoms with van der Waals surface area (Å²) in [6.45, 7) is 4.89. The Morgan fingerprint density at radius 1 is 1.40 bits per heavy atom. The predicted octanol–water partition coefficient (Wildman–Crippen LogP) is -1.47. The first-order chi connectivity index (χ1) is 3.91. The van der Waals surface area contributed by atoms with Gasteiger partial charge in [0.05, 0.1) is 6.26 Å². The van der Waals surface area contributed by atoms with E-state index in [-0.39, 0.29) is 31.9 Å². The second kappa shape index (κ2) is 16.2. The van der Waals surface area contributed by atoms with Crippen molar-refractivity contribution in [1.29, 1.82) is 0 Å². The number of ether oxygens (including phenoxy) is 2. The molecular weight excluding hydrogens is 205 g/mol. The van der Waals surface area contributed by atoms with E-state index in [1.165, 1.54) is 0 Å². The van der Waals surface area contributed by atoms with Crippen molar-refractivity contribution in [1.82, 2.24) is 0 Å². The molecule has 0 saturated carbocycles. The molecule has 2 nitrogen and oxygen atoms in total. The molecule has 4 heteroatoms. The van der Waals surface area contributed by atoms with Gasteiger partial charge in [0.1, 0.15) is 0 Å². The van der Waals surface area contributed by atoms with Crippen molar-refractivity contribution in [3.63, 3.8) is 0 Å². The minimum Gasteiger partial charge on any atom is -1.00 e. The number of halogens is 1. The van der Waals surface area contributed by atoms with Crippen molar-refractivity contribution in [3.8, 4) is 0 Å². The van der Waals surface area contributed by atoms with Crippen LogP contribution in [0.25, 0.3) is 0 Å². The van der Waals surface area contributed by atoms with Crippen molar-refractivity contribution in [2.24, 2.45) is 0 Å². The van der Waals surface area contributed by atoms with Gasteiger partial charge in [-0.15, -0.1) is 0 Å². The maximum atomic E-state index is 4.86. The molecule has 10 heavy (non-hydrogen) atoms. The summed E-state index contributed by atoms with van der Waals surface area (Å²) in [6.07, 6.45) is 3.43. The van der Waals surface area contributed by atoms with Gasteiger partial charge in [0.25, 0.3) is 0 Å². The van der Waals surface area contributed by atoms with Gasteiger partial charge in [-0.3, -0.25) is 0 Å². The Kier molecular flexibility index (Phi) is 27.2. The molecule has 0 fully saturated rings. The summed E-state index contributed by atoms with van der Waals surface area (Å²) in [5.74, 6) is 0. The molecule has 0 aliphatic rings. The molecule has 0 rings (SSSR count). The Morgan fingerprint density at radius 3 is 2.40 bits per heavy atom. The molecule has 0 unspecified atom stereocenters. The van der Waals surface area contributed by atoms with Crippen LogP contribution in [0.5, 0.6) is 0 Å². The van der Waals surface area contributed by atoms with Crippen LogP contribution in [0.4, 0.5) is 0 Å². The third-order valence-corrected chi connectivity index (χ3v) is 0.588. The smallest absolute Gasteiger partial charge is 0.188 e. The van der Waals surface area contributed by atoms with Gasteiger partial charge in [-0.25, -0.2) is 0 Å². The van der Waals surface area contributed by atoms with Gasteiger partial charge in [0.15, 0.2) is 6.79 Å². The first kappa shape index (κ1) is 16.8. The molecule has 0 radical (unpaired) electrons. The Bertz CT molecular complexity index is 68.8. The van der Waals surface area contributed by atoms with E-state index in [9.17, 15) is 0 Å². The predicted molar refractivity (Wildman–Crippen MR) is 32.4 cm³/mol. The van der Waals surface area contributed by atoms with Crippen LogP contribution >= 0.6 is 0 Å². The van der Waals surface area contributed by atoms with Crippen LogP contribution < -0.4 is 12.4 Å². The van der Waals surface area contributed by atoms with Crippen LogP contribution in [0.1, 0.15) is 13.8 Å². The summed E-state index contributed by atoms with van der Waals surface area (Å²) in [7, 11) is 0. The summed E-state index contributed by atoms with van der Waals surface area (Å²) in [5, 5.41) is 0. The molecule has 0 bridgehead atoms. The Hall–Kier alpha value is 0.413. The number of rotatable bonds is 4. The minimum absolute atomic E-state index is 0. The normalized spacial score (nSPS) is 8.20. The second-order valence-corrected chi connectivity index (χ2v) is 1.25. The summed E-state index contributed by atoms with van der Waals surface area (Å²) < 4.78 is 9.68. The largest absolute Gasteiger partial charge is 1.00 e. The molecule has 0 amide bonds. The average molecular weight is 217 g/mol.